The first kappa shape index (κ1) is 39.2. The van der Waals surface area contributed by atoms with Crippen LogP contribution in [0.15, 0.2) is 47.6 Å². The predicted octanol–water partition coefficient (Wildman–Crippen LogP) is 6.97. The van der Waals surface area contributed by atoms with Crippen molar-refractivity contribution >= 4 is 41.7 Å². The Bertz CT molecular complexity index is 1770. The van der Waals surface area contributed by atoms with Gasteiger partial charge in [0.15, 0.2) is 19.2 Å². The van der Waals surface area contributed by atoms with Crippen LogP contribution >= 0.6 is 11.6 Å². The summed E-state index contributed by atoms with van der Waals surface area (Å²) in [6.07, 6.45) is 9.51. The third-order valence-corrected chi connectivity index (χ3v) is 16.5. The van der Waals surface area contributed by atoms with E-state index in [0.29, 0.717) is 42.5 Å². The van der Waals surface area contributed by atoms with Gasteiger partial charge in [-0.1, -0.05) is 51.3 Å². The van der Waals surface area contributed by atoms with E-state index in [9.17, 15) is 13.2 Å². The van der Waals surface area contributed by atoms with Gasteiger partial charge in [-0.25, -0.2) is 19.4 Å². The number of carbonyl (C=O) groups excluding carboxylic acids is 1. The Labute approximate surface area is 309 Å². The normalized spacial score (nSPS) is 18.9. The summed E-state index contributed by atoms with van der Waals surface area (Å²) in [5, 5.41) is 10.9. The van der Waals surface area contributed by atoms with E-state index < -0.39 is 24.2 Å². The molecule has 3 aromatic rings. The lowest BCUT2D eigenvalue weighted by Crippen LogP contribution is -2.47. The molecule has 1 unspecified atom stereocenters. The lowest BCUT2D eigenvalue weighted by molar-refractivity contribution is 0.0661. The summed E-state index contributed by atoms with van der Waals surface area (Å²) in [6.45, 7) is 17.8. The van der Waals surface area contributed by atoms with E-state index in [0.717, 1.165) is 38.6 Å². The van der Waals surface area contributed by atoms with E-state index in [-0.39, 0.29) is 32.4 Å². The van der Waals surface area contributed by atoms with Crippen molar-refractivity contribution in [3.05, 3.63) is 53.3 Å². The minimum absolute atomic E-state index is 0.00800. The Balaban J connectivity index is 1.17. The molecular formula is C36H54ClN7O5SSi. The van der Waals surface area contributed by atoms with Crippen LogP contribution in [0.1, 0.15) is 89.9 Å². The number of aromatic nitrogens is 4. The Morgan fingerprint density at radius 2 is 1.88 bits per heavy atom. The molecule has 0 aromatic carbocycles. The van der Waals surface area contributed by atoms with E-state index in [1.54, 1.807) is 24.4 Å². The number of rotatable bonds is 15. The zero-order valence-electron chi connectivity index (χ0n) is 31.0. The van der Waals surface area contributed by atoms with Crippen LogP contribution in [0.25, 0.3) is 5.82 Å². The molecule has 15 heteroatoms. The molecule has 3 N–H and O–H groups in total. The van der Waals surface area contributed by atoms with Crippen LogP contribution in [0, 0.1) is 11.8 Å². The summed E-state index contributed by atoms with van der Waals surface area (Å²) in [6, 6.07) is 9.31. The zero-order valence-corrected chi connectivity index (χ0v) is 33.5. The van der Waals surface area contributed by atoms with E-state index in [1.165, 1.54) is 35.7 Å². The van der Waals surface area contributed by atoms with Gasteiger partial charge in [-0.3, -0.25) is 4.79 Å². The molecule has 5 rings (SSSR count). The maximum Gasteiger partial charge on any atom is 0.281 e. The number of sulfonamides is 1. The third kappa shape index (κ3) is 10.3. The van der Waals surface area contributed by atoms with Crippen LogP contribution < -0.4 is 20.1 Å². The second-order valence-electron chi connectivity index (χ2n) is 16.1. The van der Waals surface area contributed by atoms with Gasteiger partial charge in [-0.05, 0) is 107 Å². The highest BCUT2D eigenvalue weighted by Crippen LogP contribution is 2.40. The van der Waals surface area contributed by atoms with Crippen LogP contribution in [-0.2, 0) is 14.4 Å². The maximum atomic E-state index is 13.1. The quantitative estimate of drug-likeness (QED) is 0.0842. The van der Waals surface area contributed by atoms with Gasteiger partial charge in [-0.15, -0.1) is 5.10 Å². The SMILES string of the molecule is CC1(C)C[C@H](CCCNc2cccc(S(=O)(=O)NC(=O)c3ccc(-n4ccc(OCC(O[Si](C)(C)C(C)(C)C)C5CCCC5)n4)nc3Cl)n2)CN1. The van der Waals surface area contributed by atoms with Gasteiger partial charge in [0, 0.05) is 24.3 Å². The molecule has 3 aromatic heterocycles. The number of anilines is 1. The topological polar surface area (TPSA) is 149 Å². The lowest BCUT2D eigenvalue weighted by Gasteiger charge is -2.40. The number of ether oxygens (including phenoxy) is 1. The second kappa shape index (κ2) is 15.9. The standard InChI is InChI=1S/C36H54ClN7O5SSi/c1-35(2,3)51(6,7)49-28(26-13-8-9-14-26)24-48-31-19-21-44(42-31)30-18-17-27(33(37)41-30)34(45)43-50(46,47)32-16-10-15-29(40-32)38-20-11-12-25-22-36(4,5)39-23-25/h10,15-19,21,25-26,28,39H,8-9,11-14,20,22-24H2,1-7H3,(H,38,40)(H,43,45)/t25-,28?/m0/s1. The average Bonchev–Trinajstić information content (AvgIpc) is 3.82. The molecule has 51 heavy (non-hydrogen) atoms. The number of hydrogen-bond donors (Lipinski definition) is 3. The highest BCUT2D eigenvalue weighted by molar-refractivity contribution is 7.90. The van der Waals surface area contributed by atoms with Gasteiger partial charge in [-0.2, -0.15) is 8.42 Å². The molecular weight excluding hydrogens is 706 g/mol. The lowest BCUT2D eigenvalue weighted by atomic mass is 9.94. The van der Waals surface area contributed by atoms with E-state index in [2.05, 4.69) is 78.1 Å². The molecule has 280 valence electrons. The Morgan fingerprint density at radius 1 is 1.14 bits per heavy atom. The van der Waals surface area contributed by atoms with Crippen LogP contribution in [0.3, 0.4) is 0 Å². The highest BCUT2D eigenvalue weighted by Gasteiger charge is 2.41. The van der Waals surface area contributed by atoms with E-state index in [4.69, 9.17) is 20.8 Å². The molecule has 2 fully saturated rings. The van der Waals surface area contributed by atoms with Gasteiger partial charge in [0.2, 0.25) is 5.88 Å². The van der Waals surface area contributed by atoms with Gasteiger partial charge < -0.3 is 19.8 Å². The van der Waals surface area contributed by atoms with Gasteiger partial charge >= 0.3 is 0 Å². The molecule has 12 nitrogen and oxygen atoms in total. The molecule has 0 bridgehead atoms. The number of nitrogens with one attached hydrogen (secondary N) is 3. The number of halogens is 1. The van der Waals surface area contributed by atoms with Crippen LogP contribution in [-0.4, -0.2) is 73.7 Å². The Morgan fingerprint density at radius 3 is 2.55 bits per heavy atom. The molecule has 1 aliphatic carbocycles. The fraction of sp³-hybridized carbons (Fsp3) is 0.611. The van der Waals surface area contributed by atoms with Crippen LogP contribution in [0.4, 0.5) is 5.82 Å². The van der Waals surface area contributed by atoms with Crippen molar-refractivity contribution in [3.63, 3.8) is 0 Å². The molecule has 1 amide bonds. The molecule has 1 saturated heterocycles. The van der Waals surface area contributed by atoms with Gasteiger partial charge in [0.05, 0.1) is 11.7 Å². The summed E-state index contributed by atoms with van der Waals surface area (Å²) in [5.74, 6) is 1.34. The first-order valence-electron chi connectivity index (χ1n) is 18.0. The summed E-state index contributed by atoms with van der Waals surface area (Å²) in [4.78, 5) is 21.6. The van der Waals surface area contributed by atoms with Crippen molar-refractivity contribution in [1.82, 2.24) is 29.8 Å². The van der Waals surface area contributed by atoms with Crippen molar-refractivity contribution in [2.45, 2.75) is 114 Å². The number of carbonyl (C=O) groups is 1. The minimum Gasteiger partial charge on any atom is -0.474 e. The molecule has 2 atom stereocenters. The molecule has 2 aliphatic rings. The van der Waals surface area contributed by atoms with E-state index >= 15 is 0 Å². The van der Waals surface area contributed by atoms with Crippen LogP contribution in [0.5, 0.6) is 5.88 Å². The zero-order chi connectivity index (χ0) is 37.0. The van der Waals surface area contributed by atoms with Crippen LogP contribution in [0.2, 0.25) is 23.3 Å². The smallest absolute Gasteiger partial charge is 0.281 e. The first-order chi connectivity index (χ1) is 23.9. The molecule has 0 spiro atoms. The maximum absolute atomic E-state index is 13.1. The van der Waals surface area contributed by atoms with E-state index in [1.807, 2.05) is 0 Å². The third-order valence-electron chi connectivity index (χ3n) is 10.4. The monoisotopic (exact) mass is 759 g/mol. The fourth-order valence-corrected chi connectivity index (χ4v) is 9.08. The fourth-order valence-electron chi connectivity index (χ4n) is 6.54. The Kier molecular flexibility index (Phi) is 12.2. The highest BCUT2D eigenvalue weighted by atomic mass is 35.5. The first-order valence-corrected chi connectivity index (χ1v) is 22.8. The van der Waals surface area contributed by atoms with Gasteiger partial charge in [0.1, 0.15) is 17.6 Å². The number of nitrogens with zero attached hydrogens (tertiary/aromatic N) is 4. The molecule has 1 aliphatic heterocycles. The summed E-state index contributed by atoms with van der Waals surface area (Å²) in [5.41, 5.74) is 0.0713. The second-order valence-corrected chi connectivity index (χ2v) is 22.8. The predicted molar refractivity (Wildman–Crippen MR) is 203 cm³/mol. The molecule has 4 heterocycles. The summed E-state index contributed by atoms with van der Waals surface area (Å²) < 4.78 is 42.8. The number of hydrogen-bond acceptors (Lipinski definition) is 10. The van der Waals surface area contributed by atoms with Crippen molar-refractivity contribution in [2.24, 2.45) is 11.8 Å². The molecule has 1 saturated carbocycles. The number of amides is 1. The van der Waals surface area contributed by atoms with Crippen molar-refractivity contribution in [3.8, 4) is 11.7 Å². The van der Waals surface area contributed by atoms with Crippen molar-refractivity contribution in [1.29, 1.82) is 0 Å². The molecule has 0 radical (unpaired) electrons. The Hall–Kier alpha value is -3.04. The average molecular weight is 760 g/mol. The van der Waals surface area contributed by atoms with Crippen molar-refractivity contribution < 1.29 is 22.4 Å². The summed E-state index contributed by atoms with van der Waals surface area (Å²) in [7, 11) is -6.29. The number of pyridine rings is 2. The largest absolute Gasteiger partial charge is 0.474 e. The summed E-state index contributed by atoms with van der Waals surface area (Å²) >= 11 is 6.41. The van der Waals surface area contributed by atoms with Crippen molar-refractivity contribution in [2.75, 3.05) is 25.0 Å². The minimum atomic E-state index is -4.29. The van der Waals surface area contributed by atoms with Gasteiger partial charge in [0.25, 0.3) is 15.9 Å².